The first kappa shape index (κ1) is 17.1. The molecule has 0 spiro atoms. The van der Waals surface area contributed by atoms with Gasteiger partial charge in [-0.2, -0.15) is 0 Å². The van der Waals surface area contributed by atoms with Gasteiger partial charge in [-0.3, -0.25) is 14.5 Å². The average Bonchev–Trinajstić information content (AvgIpc) is 2.68. The Morgan fingerprint density at radius 3 is 2.40 bits per heavy atom. The van der Waals surface area contributed by atoms with Crippen molar-refractivity contribution in [3.8, 4) is 0 Å². The molecule has 0 saturated carbocycles. The van der Waals surface area contributed by atoms with Gasteiger partial charge in [0.15, 0.2) is 0 Å². The van der Waals surface area contributed by atoms with Gasteiger partial charge in [0.2, 0.25) is 11.8 Å². The molecule has 1 unspecified atom stereocenters. The molecule has 1 N–H and O–H groups in total. The molecule has 0 aliphatic carbocycles. The second-order valence-electron chi connectivity index (χ2n) is 5.86. The zero-order valence-electron chi connectivity index (χ0n) is 13.5. The van der Waals surface area contributed by atoms with Gasteiger partial charge in [-0.05, 0) is 33.7 Å². The highest BCUT2D eigenvalue weighted by atomic mass is 16.2. The number of nitrogens with one attached hydrogen (secondary N) is 1. The number of amides is 2. The van der Waals surface area contributed by atoms with Gasteiger partial charge < -0.3 is 10.2 Å². The summed E-state index contributed by atoms with van der Waals surface area (Å²) in [4.78, 5) is 28.0. The van der Waals surface area contributed by atoms with Gasteiger partial charge in [-0.1, -0.05) is 13.8 Å². The molecule has 2 amide bonds. The molecule has 1 heterocycles. The average molecular weight is 283 g/mol. The Morgan fingerprint density at radius 1 is 1.30 bits per heavy atom. The molecular formula is C15H29N3O2. The predicted octanol–water partition coefficient (Wildman–Crippen LogP) is 1.23. The van der Waals surface area contributed by atoms with Crippen LogP contribution in [0.4, 0.5) is 0 Å². The zero-order chi connectivity index (χ0) is 15.3. The number of hydrogen-bond acceptors (Lipinski definition) is 4. The lowest BCUT2D eigenvalue weighted by molar-refractivity contribution is -0.141. The number of nitrogens with zero attached hydrogens (tertiary/aromatic N) is 2. The first-order valence-electron chi connectivity index (χ1n) is 7.71. The minimum atomic E-state index is -0.330. The molecule has 0 aromatic heterocycles. The van der Waals surface area contributed by atoms with Crippen LogP contribution in [-0.2, 0) is 9.59 Å². The molecule has 1 aliphatic heterocycles. The fourth-order valence-electron chi connectivity index (χ4n) is 2.52. The molecule has 0 radical (unpaired) electrons. The maximum Gasteiger partial charge on any atom is 0.247 e. The summed E-state index contributed by atoms with van der Waals surface area (Å²) in [6.45, 7) is 9.92. The Bertz CT molecular complexity index is 340. The van der Waals surface area contributed by atoms with Crippen LogP contribution in [-0.4, -0.2) is 59.9 Å². The molecule has 1 aliphatic rings. The number of carbonyl (C=O) groups excluding carboxylic acids is 2. The summed E-state index contributed by atoms with van der Waals surface area (Å²) in [5.74, 6) is -0.0747. The van der Waals surface area contributed by atoms with E-state index in [1.807, 2.05) is 13.8 Å². The number of imide groups is 1. The highest BCUT2D eigenvalue weighted by molar-refractivity contribution is 6.05. The Labute approximate surface area is 122 Å². The Hall–Kier alpha value is -0.940. The van der Waals surface area contributed by atoms with Gasteiger partial charge >= 0.3 is 0 Å². The van der Waals surface area contributed by atoms with Crippen LogP contribution in [0.1, 0.15) is 47.0 Å². The van der Waals surface area contributed by atoms with Crippen LogP contribution < -0.4 is 5.32 Å². The first-order valence-corrected chi connectivity index (χ1v) is 7.71. The minimum Gasteiger partial charge on any atom is -0.304 e. The van der Waals surface area contributed by atoms with Crippen molar-refractivity contribution in [2.24, 2.45) is 0 Å². The van der Waals surface area contributed by atoms with Crippen LogP contribution in [0.2, 0.25) is 0 Å². The normalized spacial score (nSPS) is 20.0. The van der Waals surface area contributed by atoms with Gasteiger partial charge in [0.25, 0.3) is 0 Å². The van der Waals surface area contributed by atoms with E-state index in [4.69, 9.17) is 0 Å². The van der Waals surface area contributed by atoms with E-state index in [0.29, 0.717) is 12.5 Å². The van der Waals surface area contributed by atoms with Gasteiger partial charge in [-0.25, -0.2) is 0 Å². The van der Waals surface area contributed by atoms with E-state index >= 15 is 0 Å². The minimum absolute atomic E-state index is 0.0292. The third kappa shape index (κ3) is 4.03. The number of rotatable bonds is 8. The van der Waals surface area contributed by atoms with Crippen molar-refractivity contribution in [2.75, 3.05) is 20.1 Å². The van der Waals surface area contributed by atoms with Crippen molar-refractivity contribution < 1.29 is 9.59 Å². The van der Waals surface area contributed by atoms with Crippen molar-refractivity contribution >= 4 is 11.8 Å². The summed E-state index contributed by atoms with van der Waals surface area (Å²) in [6, 6.07) is 0.211. The summed E-state index contributed by atoms with van der Waals surface area (Å²) >= 11 is 0. The molecule has 116 valence electrons. The molecule has 1 atom stereocenters. The molecule has 0 aromatic carbocycles. The quantitative estimate of drug-likeness (QED) is 0.681. The summed E-state index contributed by atoms with van der Waals surface area (Å²) in [5.41, 5.74) is 0. The van der Waals surface area contributed by atoms with Gasteiger partial charge in [0.1, 0.15) is 0 Å². The molecule has 20 heavy (non-hydrogen) atoms. The number of carbonyl (C=O) groups is 2. The van der Waals surface area contributed by atoms with Crippen molar-refractivity contribution in [3.63, 3.8) is 0 Å². The molecule has 1 fully saturated rings. The van der Waals surface area contributed by atoms with Crippen LogP contribution in [0.25, 0.3) is 0 Å². The zero-order valence-corrected chi connectivity index (χ0v) is 13.5. The molecule has 1 rings (SSSR count). The van der Waals surface area contributed by atoms with E-state index in [1.54, 1.807) is 0 Å². The predicted molar refractivity (Wildman–Crippen MR) is 80.4 cm³/mol. The fraction of sp³-hybridized carbons (Fsp3) is 0.867. The molecule has 5 heteroatoms. The van der Waals surface area contributed by atoms with E-state index in [-0.39, 0.29) is 23.9 Å². The summed E-state index contributed by atoms with van der Waals surface area (Å²) < 4.78 is 0. The third-order valence-electron chi connectivity index (χ3n) is 4.23. The van der Waals surface area contributed by atoms with E-state index < -0.39 is 0 Å². The topological polar surface area (TPSA) is 52.7 Å². The standard InChI is InChI=1S/C15H29N3O2/c1-6-12(7-2)18-14(19)10-13(15(18)20)16-8-9-17(5)11(3)4/h11-13,16H,6-10H2,1-5H3. The number of hydrogen-bond donors (Lipinski definition) is 1. The monoisotopic (exact) mass is 283 g/mol. The second-order valence-corrected chi connectivity index (χ2v) is 5.86. The maximum atomic E-state index is 12.3. The molecular weight excluding hydrogens is 254 g/mol. The summed E-state index contributed by atoms with van der Waals surface area (Å²) in [6.07, 6.45) is 1.97. The molecule has 5 nitrogen and oxygen atoms in total. The SMILES string of the molecule is CCC(CC)N1C(=O)CC(NCCN(C)C(C)C)C1=O. The lowest BCUT2D eigenvalue weighted by Crippen LogP contribution is -2.45. The number of likely N-dealkylation sites (N-methyl/N-ethyl adjacent to an activating group) is 1. The van der Waals surface area contributed by atoms with Crippen LogP contribution in [0.15, 0.2) is 0 Å². The Kier molecular flexibility index (Phi) is 6.62. The van der Waals surface area contributed by atoms with Crippen LogP contribution in [0, 0.1) is 0 Å². The van der Waals surface area contributed by atoms with Crippen LogP contribution in [0.5, 0.6) is 0 Å². The fourth-order valence-corrected chi connectivity index (χ4v) is 2.52. The lowest BCUT2D eigenvalue weighted by Gasteiger charge is -2.25. The first-order chi connectivity index (χ1) is 9.42. The van der Waals surface area contributed by atoms with Crippen molar-refractivity contribution in [2.45, 2.75) is 65.1 Å². The lowest BCUT2D eigenvalue weighted by atomic mass is 10.1. The molecule has 1 saturated heterocycles. The Morgan fingerprint density at radius 2 is 1.90 bits per heavy atom. The second kappa shape index (κ2) is 7.74. The largest absolute Gasteiger partial charge is 0.304 e. The van der Waals surface area contributed by atoms with Crippen LogP contribution >= 0.6 is 0 Å². The van der Waals surface area contributed by atoms with Crippen molar-refractivity contribution in [1.82, 2.24) is 15.1 Å². The van der Waals surface area contributed by atoms with Gasteiger partial charge in [-0.15, -0.1) is 0 Å². The van der Waals surface area contributed by atoms with Gasteiger partial charge in [0.05, 0.1) is 12.5 Å². The van der Waals surface area contributed by atoms with E-state index in [9.17, 15) is 9.59 Å². The highest BCUT2D eigenvalue weighted by Crippen LogP contribution is 2.19. The summed E-state index contributed by atoms with van der Waals surface area (Å²) in [5, 5.41) is 3.23. The third-order valence-corrected chi connectivity index (χ3v) is 4.23. The summed E-state index contributed by atoms with van der Waals surface area (Å²) in [7, 11) is 2.06. The van der Waals surface area contributed by atoms with Crippen LogP contribution in [0.3, 0.4) is 0 Å². The smallest absolute Gasteiger partial charge is 0.247 e. The highest BCUT2D eigenvalue weighted by Gasteiger charge is 2.40. The number of likely N-dealkylation sites (tertiary alicyclic amines) is 1. The maximum absolute atomic E-state index is 12.3. The van der Waals surface area contributed by atoms with Crippen molar-refractivity contribution in [1.29, 1.82) is 0 Å². The van der Waals surface area contributed by atoms with E-state index in [2.05, 4.69) is 31.1 Å². The molecule has 0 bridgehead atoms. The molecule has 0 aromatic rings. The van der Waals surface area contributed by atoms with E-state index in [0.717, 1.165) is 25.9 Å². The van der Waals surface area contributed by atoms with Crippen molar-refractivity contribution in [3.05, 3.63) is 0 Å². The van der Waals surface area contributed by atoms with E-state index in [1.165, 1.54) is 4.90 Å². The Balaban J connectivity index is 2.50. The van der Waals surface area contributed by atoms with Gasteiger partial charge in [0, 0.05) is 25.2 Å².